The van der Waals surface area contributed by atoms with E-state index < -0.39 is 0 Å². The number of unbranched alkanes of at least 4 members (excludes halogenated alkanes) is 2. The molecule has 1 N–H and O–H groups in total. The predicted molar refractivity (Wildman–Crippen MR) is 92.7 cm³/mol. The number of pyridine rings is 1. The van der Waals surface area contributed by atoms with Gasteiger partial charge in [-0.2, -0.15) is 0 Å². The number of carbonyl (C=O) groups is 1. The number of amides is 1. The molecule has 23 heavy (non-hydrogen) atoms. The molecule has 6 nitrogen and oxygen atoms in total. The number of carbonyl (C=O) groups excluding carboxylic acids is 1. The van der Waals surface area contributed by atoms with Crippen LogP contribution in [0, 0.1) is 0 Å². The average Bonchev–Trinajstić information content (AvgIpc) is 2.97. The van der Waals surface area contributed by atoms with Crippen molar-refractivity contribution in [1.29, 1.82) is 0 Å². The van der Waals surface area contributed by atoms with Crippen LogP contribution in [0.3, 0.4) is 0 Å². The summed E-state index contributed by atoms with van der Waals surface area (Å²) < 4.78 is 1.99. The summed E-state index contributed by atoms with van der Waals surface area (Å²) in [6.45, 7) is 4.86. The summed E-state index contributed by atoms with van der Waals surface area (Å²) in [6.07, 6.45) is 6.69. The molecule has 0 unspecified atom stereocenters. The van der Waals surface area contributed by atoms with Gasteiger partial charge in [0.25, 0.3) is 0 Å². The van der Waals surface area contributed by atoms with Crippen LogP contribution in [0.5, 0.6) is 0 Å². The molecule has 0 bridgehead atoms. The molecule has 2 aromatic rings. The molecule has 0 radical (unpaired) electrons. The molecule has 124 valence electrons. The summed E-state index contributed by atoms with van der Waals surface area (Å²) in [6, 6.07) is 3.45. The molecule has 0 spiro atoms. The zero-order valence-electron chi connectivity index (χ0n) is 13.2. The van der Waals surface area contributed by atoms with Crippen molar-refractivity contribution in [2.24, 2.45) is 0 Å². The van der Waals surface area contributed by atoms with Crippen LogP contribution in [0.2, 0.25) is 5.15 Å². The minimum absolute atomic E-state index is 0.145. The number of thioether (sulfide) groups is 1. The second-order valence-electron chi connectivity index (χ2n) is 5.11. The van der Waals surface area contributed by atoms with Crippen LogP contribution in [-0.2, 0) is 11.3 Å². The second kappa shape index (κ2) is 8.88. The van der Waals surface area contributed by atoms with Crippen LogP contribution in [0.4, 0.5) is 5.69 Å². The standard InChI is InChI=1S/C15H20ClN5OS/c1-3-4-5-9-21-10-18-20-15(21)23-11(2)14(22)19-12-7-6-8-17-13(12)16/h6-8,10-11H,3-5,9H2,1-2H3,(H,19,22)/t11-/m1/s1. The number of halogens is 1. The van der Waals surface area contributed by atoms with E-state index in [1.165, 1.54) is 11.8 Å². The van der Waals surface area contributed by atoms with Crippen molar-refractivity contribution in [2.45, 2.75) is 50.1 Å². The number of nitrogens with zero attached hydrogens (tertiary/aromatic N) is 4. The number of aromatic nitrogens is 4. The van der Waals surface area contributed by atoms with Crippen molar-refractivity contribution in [3.05, 3.63) is 29.8 Å². The van der Waals surface area contributed by atoms with Gasteiger partial charge < -0.3 is 9.88 Å². The Kier molecular flexibility index (Phi) is 6.85. The third-order valence-corrected chi connectivity index (χ3v) is 4.65. The molecular formula is C15H20ClN5OS. The molecule has 1 amide bonds. The smallest absolute Gasteiger partial charge is 0.237 e. The van der Waals surface area contributed by atoms with Crippen molar-refractivity contribution in [3.63, 3.8) is 0 Å². The molecule has 0 aliphatic rings. The van der Waals surface area contributed by atoms with E-state index >= 15 is 0 Å². The Morgan fingerprint density at radius 1 is 1.48 bits per heavy atom. The van der Waals surface area contributed by atoms with E-state index in [0.717, 1.165) is 31.0 Å². The highest BCUT2D eigenvalue weighted by Gasteiger charge is 2.18. The Labute approximate surface area is 145 Å². The lowest BCUT2D eigenvalue weighted by Gasteiger charge is -2.12. The summed E-state index contributed by atoms with van der Waals surface area (Å²) >= 11 is 7.33. The normalized spacial score (nSPS) is 12.1. The quantitative estimate of drug-likeness (QED) is 0.445. The lowest BCUT2D eigenvalue weighted by Crippen LogP contribution is -2.23. The third kappa shape index (κ3) is 5.21. The predicted octanol–water partition coefficient (Wildman–Crippen LogP) is 3.64. The Hall–Kier alpha value is -1.60. The fourth-order valence-corrected chi connectivity index (χ4v) is 2.96. The Balaban J connectivity index is 1.94. The third-order valence-electron chi connectivity index (χ3n) is 3.25. The van der Waals surface area contributed by atoms with Crippen LogP contribution in [0.25, 0.3) is 0 Å². The van der Waals surface area contributed by atoms with Gasteiger partial charge in [-0.15, -0.1) is 10.2 Å². The zero-order chi connectivity index (χ0) is 16.7. The Bertz CT molecular complexity index is 648. The van der Waals surface area contributed by atoms with Gasteiger partial charge in [0.05, 0.1) is 10.9 Å². The molecule has 0 aliphatic carbocycles. The van der Waals surface area contributed by atoms with Crippen molar-refractivity contribution in [3.8, 4) is 0 Å². The van der Waals surface area contributed by atoms with Crippen molar-refractivity contribution < 1.29 is 4.79 Å². The first-order valence-corrected chi connectivity index (χ1v) is 8.83. The Morgan fingerprint density at radius 2 is 2.30 bits per heavy atom. The molecule has 1 atom stereocenters. The van der Waals surface area contributed by atoms with E-state index in [1.807, 2.05) is 11.5 Å². The molecule has 8 heteroatoms. The summed E-state index contributed by atoms with van der Waals surface area (Å²) in [5.74, 6) is -0.145. The molecular weight excluding hydrogens is 334 g/mol. The second-order valence-corrected chi connectivity index (χ2v) is 6.77. The number of hydrogen-bond acceptors (Lipinski definition) is 5. The molecule has 0 aromatic carbocycles. The van der Waals surface area contributed by atoms with Gasteiger partial charge in [0.1, 0.15) is 6.33 Å². The SMILES string of the molecule is CCCCCn1cnnc1S[C@H](C)C(=O)Nc1cccnc1Cl. The maximum Gasteiger partial charge on any atom is 0.237 e. The number of rotatable bonds is 8. The number of anilines is 1. The van der Waals surface area contributed by atoms with Gasteiger partial charge in [0, 0.05) is 12.7 Å². The van der Waals surface area contributed by atoms with E-state index in [1.54, 1.807) is 24.7 Å². The Morgan fingerprint density at radius 3 is 3.04 bits per heavy atom. The maximum atomic E-state index is 12.3. The van der Waals surface area contributed by atoms with Crippen molar-refractivity contribution in [1.82, 2.24) is 19.7 Å². The van der Waals surface area contributed by atoms with E-state index in [0.29, 0.717) is 5.69 Å². The monoisotopic (exact) mass is 353 g/mol. The van der Waals surface area contributed by atoms with E-state index in [2.05, 4.69) is 27.4 Å². The van der Waals surface area contributed by atoms with Crippen molar-refractivity contribution in [2.75, 3.05) is 5.32 Å². The number of aryl methyl sites for hydroxylation is 1. The summed E-state index contributed by atoms with van der Waals surface area (Å²) in [5, 5.41) is 11.5. The lowest BCUT2D eigenvalue weighted by atomic mass is 10.2. The highest BCUT2D eigenvalue weighted by Crippen LogP contribution is 2.24. The van der Waals surface area contributed by atoms with Crippen LogP contribution >= 0.6 is 23.4 Å². The minimum Gasteiger partial charge on any atom is -0.322 e. The van der Waals surface area contributed by atoms with Crippen LogP contribution < -0.4 is 5.32 Å². The van der Waals surface area contributed by atoms with Gasteiger partial charge >= 0.3 is 0 Å². The molecule has 0 saturated carbocycles. The number of hydrogen-bond donors (Lipinski definition) is 1. The van der Waals surface area contributed by atoms with E-state index in [-0.39, 0.29) is 16.3 Å². The van der Waals surface area contributed by atoms with E-state index in [9.17, 15) is 4.79 Å². The van der Waals surface area contributed by atoms with Gasteiger partial charge in [-0.3, -0.25) is 4.79 Å². The number of nitrogens with one attached hydrogen (secondary N) is 1. The van der Waals surface area contributed by atoms with Crippen LogP contribution in [-0.4, -0.2) is 30.9 Å². The fourth-order valence-electron chi connectivity index (χ4n) is 1.95. The van der Waals surface area contributed by atoms with Gasteiger partial charge in [-0.25, -0.2) is 4.98 Å². The average molecular weight is 354 g/mol. The molecule has 0 saturated heterocycles. The van der Waals surface area contributed by atoms with Gasteiger partial charge in [-0.1, -0.05) is 43.1 Å². The minimum atomic E-state index is -0.319. The highest BCUT2D eigenvalue weighted by atomic mass is 35.5. The van der Waals surface area contributed by atoms with E-state index in [4.69, 9.17) is 11.6 Å². The van der Waals surface area contributed by atoms with Gasteiger partial charge in [0.2, 0.25) is 5.91 Å². The van der Waals surface area contributed by atoms with Gasteiger partial charge in [0.15, 0.2) is 10.3 Å². The summed E-state index contributed by atoms with van der Waals surface area (Å²) in [7, 11) is 0. The lowest BCUT2D eigenvalue weighted by molar-refractivity contribution is -0.115. The molecule has 0 aliphatic heterocycles. The first kappa shape index (κ1) is 17.7. The molecule has 2 heterocycles. The molecule has 2 rings (SSSR count). The highest BCUT2D eigenvalue weighted by molar-refractivity contribution is 8.00. The summed E-state index contributed by atoms with van der Waals surface area (Å²) in [4.78, 5) is 16.2. The summed E-state index contributed by atoms with van der Waals surface area (Å²) in [5.41, 5.74) is 0.510. The molecule has 0 fully saturated rings. The largest absolute Gasteiger partial charge is 0.322 e. The molecule has 2 aromatic heterocycles. The van der Waals surface area contributed by atoms with Gasteiger partial charge in [-0.05, 0) is 25.5 Å². The van der Waals surface area contributed by atoms with Crippen molar-refractivity contribution >= 4 is 35.0 Å². The zero-order valence-corrected chi connectivity index (χ0v) is 14.8. The fraction of sp³-hybridized carbons (Fsp3) is 0.467. The maximum absolute atomic E-state index is 12.3. The first-order valence-electron chi connectivity index (χ1n) is 7.57. The van der Waals surface area contributed by atoms with Crippen LogP contribution in [0.1, 0.15) is 33.1 Å². The topological polar surface area (TPSA) is 72.7 Å². The van der Waals surface area contributed by atoms with Crippen LogP contribution in [0.15, 0.2) is 29.8 Å². The first-order chi connectivity index (χ1) is 11.1.